The molecule has 0 radical (unpaired) electrons. The minimum Gasteiger partial charge on any atom is -0.373 e. The van der Waals surface area contributed by atoms with Gasteiger partial charge in [-0.1, -0.05) is 46.1 Å². The quantitative estimate of drug-likeness (QED) is 0.163. The number of aromatic nitrogens is 5. The van der Waals surface area contributed by atoms with Gasteiger partial charge in [0.15, 0.2) is 0 Å². The number of nitrogens with one attached hydrogen (secondary N) is 2. The number of anilines is 3. The summed E-state index contributed by atoms with van der Waals surface area (Å²) in [6, 6.07) is 13.5. The molecule has 3 aromatic heterocycles. The number of likely N-dealkylation sites (tertiary alicyclic amines) is 1. The van der Waals surface area contributed by atoms with Gasteiger partial charge in [-0.3, -0.25) is 9.88 Å². The number of fused-ring (bicyclic) bond motifs is 1. The highest BCUT2D eigenvalue weighted by Crippen LogP contribution is 2.38. The number of rotatable bonds is 7. The number of halogens is 4. The Morgan fingerprint density at radius 2 is 1.77 bits per heavy atom. The van der Waals surface area contributed by atoms with E-state index in [2.05, 4.69) is 62.7 Å². The molecule has 47 heavy (non-hydrogen) atoms. The molecule has 0 spiro atoms. The van der Waals surface area contributed by atoms with Crippen LogP contribution in [0.25, 0.3) is 10.9 Å². The lowest BCUT2D eigenvalue weighted by Crippen LogP contribution is -2.46. The normalized spacial score (nSPS) is 15.0. The van der Waals surface area contributed by atoms with E-state index in [4.69, 9.17) is 34.8 Å². The molecule has 5 aromatic rings. The van der Waals surface area contributed by atoms with Crippen LogP contribution in [0.2, 0.25) is 15.2 Å². The lowest BCUT2D eigenvalue weighted by atomic mass is 9.98. The van der Waals surface area contributed by atoms with Crippen molar-refractivity contribution in [2.24, 2.45) is 0 Å². The van der Waals surface area contributed by atoms with Crippen LogP contribution in [0.4, 0.5) is 21.5 Å². The Hall–Kier alpha value is -4.01. The van der Waals surface area contributed by atoms with Crippen LogP contribution in [0.5, 0.6) is 0 Å². The number of benzene rings is 2. The van der Waals surface area contributed by atoms with Crippen molar-refractivity contribution in [3.05, 3.63) is 98.4 Å². The van der Waals surface area contributed by atoms with E-state index in [1.165, 1.54) is 18.3 Å². The van der Waals surface area contributed by atoms with Crippen LogP contribution < -0.4 is 10.6 Å². The van der Waals surface area contributed by atoms with E-state index in [1.807, 2.05) is 29.9 Å². The van der Waals surface area contributed by atoms with Crippen molar-refractivity contribution in [2.75, 3.05) is 23.7 Å². The molecule has 6 rings (SSSR count). The highest BCUT2D eigenvalue weighted by atomic mass is 35.5. The van der Waals surface area contributed by atoms with Crippen molar-refractivity contribution >= 4 is 62.8 Å². The van der Waals surface area contributed by atoms with E-state index < -0.39 is 11.9 Å². The molecule has 242 valence electrons. The molecule has 0 unspecified atom stereocenters. The van der Waals surface area contributed by atoms with Gasteiger partial charge in [-0.2, -0.15) is 5.26 Å². The summed E-state index contributed by atoms with van der Waals surface area (Å²) in [6.07, 6.45) is 5.39. The second-order valence-electron chi connectivity index (χ2n) is 12.7. The molecule has 9 nitrogen and oxygen atoms in total. The van der Waals surface area contributed by atoms with Crippen LogP contribution in [-0.2, 0) is 0 Å². The summed E-state index contributed by atoms with van der Waals surface area (Å²) < 4.78 is 15.9. The summed E-state index contributed by atoms with van der Waals surface area (Å²) >= 11 is 19.1. The molecule has 1 aliphatic rings. The van der Waals surface area contributed by atoms with Crippen molar-refractivity contribution in [1.82, 2.24) is 29.9 Å². The van der Waals surface area contributed by atoms with Crippen LogP contribution in [0.15, 0.2) is 54.9 Å². The molecule has 13 heteroatoms. The maximum atomic E-state index is 13.9. The molecule has 1 aliphatic heterocycles. The Kier molecular flexibility index (Phi) is 9.27. The zero-order chi connectivity index (χ0) is 33.5. The van der Waals surface area contributed by atoms with Gasteiger partial charge < -0.3 is 10.6 Å². The smallest absolute Gasteiger partial charge is 0.141 e. The first kappa shape index (κ1) is 32.9. The zero-order valence-corrected chi connectivity index (χ0v) is 28.6. The van der Waals surface area contributed by atoms with E-state index in [-0.39, 0.29) is 22.2 Å². The summed E-state index contributed by atoms with van der Waals surface area (Å²) in [5.41, 5.74) is 4.80. The predicted octanol–water partition coefficient (Wildman–Crippen LogP) is 8.88. The van der Waals surface area contributed by atoms with Gasteiger partial charge >= 0.3 is 0 Å². The first-order valence-corrected chi connectivity index (χ1v) is 16.4. The minimum atomic E-state index is -0.544. The predicted molar refractivity (Wildman–Crippen MR) is 185 cm³/mol. The first-order valence-electron chi connectivity index (χ1n) is 15.2. The van der Waals surface area contributed by atoms with Gasteiger partial charge in [-0.05, 0) is 76.9 Å². The monoisotopic (exact) mass is 691 g/mol. The van der Waals surface area contributed by atoms with Crippen molar-refractivity contribution in [2.45, 2.75) is 58.2 Å². The van der Waals surface area contributed by atoms with Crippen molar-refractivity contribution in [3.8, 4) is 6.07 Å². The van der Waals surface area contributed by atoms with Gasteiger partial charge in [0, 0.05) is 52.8 Å². The molecular weight excluding hydrogens is 660 g/mol. The molecule has 2 aromatic carbocycles. The summed E-state index contributed by atoms with van der Waals surface area (Å²) in [6.45, 7) is 10.6. The zero-order valence-electron chi connectivity index (χ0n) is 26.3. The number of nitrogens with zero attached hydrogens (tertiary/aromatic N) is 7. The van der Waals surface area contributed by atoms with Crippen LogP contribution in [0.3, 0.4) is 0 Å². The summed E-state index contributed by atoms with van der Waals surface area (Å²) in [5.74, 6) is -0.544. The number of hydrogen-bond donors (Lipinski definition) is 2. The Bertz CT molecular complexity index is 1990. The van der Waals surface area contributed by atoms with Crippen molar-refractivity contribution in [3.63, 3.8) is 0 Å². The van der Waals surface area contributed by atoms with E-state index in [0.29, 0.717) is 43.8 Å². The number of hydrogen-bond acceptors (Lipinski definition) is 8. The molecule has 4 heterocycles. The van der Waals surface area contributed by atoms with Gasteiger partial charge in [0.2, 0.25) is 0 Å². The van der Waals surface area contributed by atoms with Gasteiger partial charge in [0.1, 0.15) is 22.7 Å². The van der Waals surface area contributed by atoms with Gasteiger partial charge in [0.05, 0.1) is 45.1 Å². The second-order valence-corrected chi connectivity index (χ2v) is 13.9. The van der Waals surface area contributed by atoms with E-state index in [1.54, 1.807) is 18.2 Å². The molecule has 0 bridgehead atoms. The molecular formula is C34H33Cl3FN9. The first-order chi connectivity index (χ1) is 22.4. The highest BCUT2D eigenvalue weighted by Gasteiger charge is 2.29. The van der Waals surface area contributed by atoms with Crippen molar-refractivity contribution < 1.29 is 4.39 Å². The third kappa shape index (κ3) is 6.99. The summed E-state index contributed by atoms with van der Waals surface area (Å²) in [5, 5.41) is 27.3. The van der Waals surface area contributed by atoms with Gasteiger partial charge in [0.25, 0.3) is 0 Å². The molecule has 1 atom stereocenters. The topological polar surface area (TPSA) is 108 Å². The number of piperidine rings is 1. The van der Waals surface area contributed by atoms with Crippen LogP contribution in [0.1, 0.15) is 68.2 Å². The maximum absolute atomic E-state index is 13.9. The third-order valence-corrected chi connectivity index (χ3v) is 9.35. The van der Waals surface area contributed by atoms with E-state index in [9.17, 15) is 9.65 Å². The largest absolute Gasteiger partial charge is 0.373 e. The molecule has 1 fully saturated rings. The van der Waals surface area contributed by atoms with E-state index in [0.717, 1.165) is 37.2 Å². The van der Waals surface area contributed by atoms with Crippen LogP contribution >= 0.6 is 34.8 Å². The summed E-state index contributed by atoms with van der Waals surface area (Å²) in [4.78, 5) is 11.5. The third-order valence-electron chi connectivity index (χ3n) is 8.56. The highest BCUT2D eigenvalue weighted by molar-refractivity contribution is 6.36. The molecule has 2 N–H and O–H groups in total. The lowest BCUT2D eigenvalue weighted by molar-refractivity contribution is 0.0866. The van der Waals surface area contributed by atoms with Crippen molar-refractivity contribution in [1.29, 1.82) is 5.26 Å². The van der Waals surface area contributed by atoms with Gasteiger partial charge in [-0.25, -0.2) is 14.1 Å². The van der Waals surface area contributed by atoms with Gasteiger partial charge in [-0.15, -0.1) is 5.10 Å². The van der Waals surface area contributed by atoms with Crippen LogP contribution in [0, 0.1) is 24.1 Å². The fraction of sp³-hybridized carbons (Fsp3) is 0.324. The fourth-order valence-corrected chi connectivity index (χ4v) is 6.65. The Balaban J connectivity index is 1.38. The fourth-order valence-electron chi connectivity index (χ4n) is 6.01. The molecule has 0 aliphatic carbocycles. The van der Waals surface area contributed by atoms with E-state index >= 15 is 0 Å². The Morgan fingerprint density at radius 3 is 2.45 bits per heavy atom. The number of aryl methyl sites for hydroxylation is 1. The average molecular weight is 693 g/mol. The Morgan fingerprint density at radius 1 is 1.02 bits per heavy atom. The SMILES string of the molecule is Cc1nc(Cl)ccc1[C@H](Nc1cc(Cl)c2ncc(C#N)c(Nc3ccc(F)c(Cl)c3)c2c1)c1cn(C2CCN(C(C)(C)C)CC2)nn1. The second kappa shape index (κ2) is 13.2. The molecule has 0 amide bonds. The average Bonchev–Trinajstić information content (AvgIpc) is 3.52. The Labute approximate surface area is 287 Å². The summed E-state index contributed by atoms with van der Waals surface area (Å²) in [7, 11) is 0. The lowest BCUT2D eigenvalue weighted by Gasteiger charge is -2.40. The standard InChI is InChI=1S/C34H33Cl3FN9/c1-19-24(6-8-30(37)41-19)33(29-18-47(45-44-29)23-9-11-46(12-10-23)34(2,3)4)43-22-13-25-31(42-21-5-7-28(38)26(35)14-21)20(16-39)17-40-32(25)27(36)15-22/h5-8,13-15,17-18,23,33,43H,9-12H2,1-4H3,(H,40,42)/t33-/m0/s1. The molecule has 0 saturated carbocycles. The number of nitriles is 1. The maximum Gasteiger partial charge on any atom is 0.141 e. The number of pyridine rings is 2. The minimum absolute atomic E-state index is 0.0464. The van der Waals surface area contributed by atoms with Crippen LogP contribution in [-0.4, -0.2) is 48.5 Å². The molecule has 1 saturated heterocycles.